The summed E-state index contributed by atoms with van der Waals surface area (Å²) in [6, 6.07) is 1.39. The molecule has 0 saturated carbocycles. The predicted molar refractivity (Wildman–Crippen MR) is 62.2 cm³/mol. The molecule has 142 valence electrons. The topological polar surface area (TPSA) is 26.3 Å². The zero-order valence-corrected chi connectivity index (χ0v) is 12.0. The van der Waals surface area contributed by atoms with E-state index in [0.29, 0.717) is 6.07 Å². The number of halogens is 10. The first kappa shape index (κ1) is 21.0. The van der Waals surface area contributed by atoms with Crippen LogP contribution in [-0.4, -0.2) is 36.8 Å². The van der Waals surface area contributed by atoms with Gasteiger partial charge in [-0.15, -0.1) is 0 Å². The Morgan fingerprint density at radius 2 is 1.60 bits per heavy atom. The summed E-state index contributed by atoms with van der Waals surface area (Å²) in [6.07, 6.45) is -5.14. The van der Waals surface area contributed by atoms with Crippen molar-refractivity contribution in [3.63, 3.8) is 0 Å². The summed E-state index contributed by atoms with van der Waals surface area (Å²) in [5, 5.41) is 0. The Labute approximate surface area is 133 Å². The molecule has 0 radical (unpaired) electrons. The van der Waals surface area contributed by atoms with E-state index in [2.05, 4.69) is 4.74 Å². The van der Waals surface area contributed by atoms with Crippen molar-refractivity contribution >= 4 is 5.97 Å². The molecule has 0 bridgehead atoms. The maximum Gasteiger partial charge on any atom is 0.381 e. The van der Waals surface area contributed by atoms with Gasteiger partial charge in [-0.25, -0.2) is 22.4 Å². The molecule has 0 aliphatic heterocycles. The molecule has 0 amide bonds. The quantitative estimate of drug-likeness (QED) is 0.528. The molecular weight excluding hydrogens is 378 g/mol. The van der Waals surface area contributed by atoms with E-state index in [1.165, 1.54) is 0 Å². The molecule has 12 heteroatoms. The van der Waals surface area contributed by atoms with Crippen molar-refractivity contribution in [1.82, 2.24) is 0 Å². The van der Waals surface area contributed by atoms with Gasteiger partial charge in [-0.05, 0) is 18.6 Å². The van der Waals surface area contributed by atoms with Crippen LogP contribution in [0.15, 0.2) is 12.1 Å². The van der Waals surface area contributed by atoms with Gasteiger partial charge in [-0.3, -0.25) is 0 Å². The first-order chi connectivity index (χ1) is 11.2. The van der Waals surface area contributed by atoms with Crippen LogP contribution in [0, 0.1) is 18.6 Å². The minimum absolute atomic E-state index is 0.338. The third-order valence-corrected chi connectivity index (χ3v) is 3.02. The van der Waals surface area contributed by atoms with E-state index in [1.807, 2.05) is 0 Å². The molecule has 2 nitrogen and oxygen atoms in total. The molecule has 0 aliphatic rings. The average Bonchev–Trinajstić information content (AvgIpc) is 2.48. The van der Waals surface area contributed by atoms with E-state index in [4.69, 9.17) is 0 Å². The van der Waals surface area contributed by atoms with Crippen LogP contribution in [0.4, 0.5) is 43.9 Å². The third-order valence-electron chi connectivity index (χ3n) is 3.02. The molecule has 25 heavy (non-hydrogen) atoms. The Hall–Kier alpha value is -2.01. The standard InChI is InChI=1S/C13H8F10O2/c1-5-2-3-6(14)7(8(5)15)9(24)25-4-11(18,19)13(22,23)12(20,21)10(16)17/h2-3,10H,4H2,1H3. The minimum Gasteiger partial charge on any atom is -0.455 e. The number of hydrogen-bond donors (Lipinski definition) is 0. The van der Waals surface area contributed by atoms with Gasteiger partial charge in [0.1, 0.15) is 17.2 Å². The lowest BCUT2D eigenvalue weighted by Crippen LogP contribution is -2.59. The summed E-state index contributed by atoms with van der Waals surface area (Å²) in [6.45, 7) is -1.77. The Morgan fingerprint density at radius 3 is 2.08 bits per heavy atom. The lowest BCUT2D eigenvalue weighted by Gasteiger charge is -2.31. The van der Waals surface area contributed by atoms with Crippen LogP contribution in [0.2, 0.25) is 0 Å². The lowest BCUT2D eigenvalue weighted by molar-refractivity contribution is -0.343. The number of alkyl halides is 8. The van der Waals surface area contributed by atoms with Crippen LogP contribution >= 0.6 is 0 Å². The molecule has 1 aromatic carbocycles. The fourth-order valence-corrected chi connectivity index (χ4v) is 1.54. The van der Waals surface area contributed by atoms with Crippen molar-refractivity contribution in [2.24, 2.45) is 0 Å². The maximum atomic E-state index is 13.6. The van der Waals surface area contributed by atoms with Crippen molar-refractivity contribution in [2.75, 3.05) is 6.61 Å². The Kier molecular flexibility index (Phi) is 5.65. The van der Waals surface area contributed by atoms with Crippen LogP contribution in [0.3, 0.4) is 0 Å². The fraction of sp³-hybridized carbons (Fsp3) is 0.462. The van der Waals surface area contributed by atoms with E-state index in [-0.39, 0.29) is 5.56 Å². The zero-order valence-electron chi connectivity index (χ0n) is 12.0. The molecule has 0 fully saturated rings. The molecular formula is C13H8F10O2. The second-order valence-electron chi connectivity index (χ2n) is 4.83. The second-order valence-corrected chi connectivity index (χ2v) is 4.83. The van der Waals surface area contributed by atoms with E-state index in [0.717, 1.165) is 13.0 Å². The lowest BCUT2D eigenvalue weighted by atomic mass is 10.1. The number of ether oxygens (including phenoxy) is 1. The van der Waals surface area contributed by atoms with Gasteiger partial charge in [0.25, 0.3) is 0 Å². The third kappa shape index (κ3) is 3.66. The van der Waals surface area contributed by atoms with Gasteiger partial charge in [0.2, 0.25) is 0 Å². The van der Waals surface area contributed by atoms with Gasteiger partial charge in [0, 0.05) is 0 Å². The number of carbonyl (C=O) groups is 1. The number of rotatable bonds is 6. The van der Waals surface area contributed by atoms with Crippen LogP contribution in [0.5, 0.6) is 0 Å². The highest BCUT2D eigenvalue weighted by Crippen LogP contribution is 2.48. The van der Waals surface area contributed by atoms with E-state index >= 15 is 0 Å². The zero-order chi connectivity index (χ0) is 19.8. The highest BCUT2D eigenvalue weighted by molar-refractivity contribution is 5.90. The molecule has 0 aliphatic carbocycles. The molecule has 0 heterocycles. The van der Waals surface area contributed by atoms with Crippen molar-refractivity contribution in [3.05, 3.63) is 34.9 Å². The van der Waals surface area contributed by atoms with Crippen molar-refractivity contribution < 1.29 is 53.4 Å². The Morgan fingerprint density at radius 1 is 1.08 bits per heavy atom. The molecule has 0 aromatic heterocycles. The molecule has 1 aromatic rings. The largest absolute Gasteiger partial charge is 0.455 e. The number of aryl methyl sites for hydroxylation is 1. The summed E-state index contributed by atoms with van der Waals surface area (Å²) >= 11 is 0. The summed E-state index contributed by atoms with van der Waals surface area (Å²) < 4.78 is 132. The van der Waals surface area contributed by atoms with Crippen LogP contribution in [0.25, 0.3) is 0 Å². The predicted octanol–water partition coefficient (Wildman–Crippen LogP) is 4.60. The molecule has 0 atom stereocenters. The van der Waals surface area contributed by atoms with Gasteiger partial charge in [-0.1, -0.05) is 6.07 Å². The van der Waals surface area contributed by atoms with E-state index < -0.39 is 54.0 Å². The summed E-state index contributed by atoms with van der Waals surface area (Å²) in [5.41, 5.74) is -1.87. The molecule has 0 unspecified atom stereocenters. The van der Waals surface area contributed by atoms with Gasteiger partial charge >= 0.3 is 30.2 Å². The van der Waals surface area contributed by atoms with Crippen molar-refractivity contribution in [1.29, 1.82) is 0 Å². The summed E-state index contributed by atoms with van der Waals surface area (Å²) in [7, 11) is 0. The van der Waals surface area contributed by atoms with Gasteiger partial charge in [0.05, 0.1) is 0 Å². The highest BCUT2D eigenvalue weighted by Gasteiger charge is 2.75. The first-order valence-corrected chi connectivity index (χ1v) is 6.20. The van der Waals surface area contributed by atoms with Crippen molar-refractivity contribution in [2.45, 2.75) is 31.1 Å². The second kappa shape index (κ2) is 6.71. The monoisotopic (exact) mass is 386 g/mol. The highest BCUT2D eigenvalue weighted by atomic mass is 19.4. The first-order valence-electron chi connectivity index (χ1n) is 6.20. The average molecular weight is 386 g/mol. The molecule has 0 spiro atoms. The molecule has 0 saturated heterocycles. The maximum absolute atomic E-state index is 13.6. The Balaban J connectivity index is 3.04. The fourth-order valence-electron chi connectivity index (χ4n) is 1.54. The van der Waals surface area contributed by atoms with Crippen LogP contribution < -0.4 is 0 Å². The number of carbonyl (C=O) groups excluding carboxylic acids is 1. The number of esters is 1. The van der Waals surface area contributed by atoms with Gasteiger partial charge in [0.15, 0.2) is 6.61 Å². The SMILES string of the molecule is Cc1ccc(F)c(C(=O)OCC(F)(F)C(F)(F)C(F)(F)C(F)F)c1F. The van der Waals surface area contributed by atoms with E-state index in [9.17, 15) is 48.7 Å². The minimum atomic E-state index is -6.60. The summed E-state index contributed by atoms with van der Waals surface area (Å²) in [5.74, 6) is -24.3. The van der Waals surface area contributed by atoms with Gasteiger partial charge < -0.3 is 4.74 Å². The molecule has 0 N–H and O–H groups in total. The smallest absolute Gasteiger partial charge is 0.381 e. The van der Waals surface area contributed by atoms with Gasteiger partial charge in [-0.2, -0.15) is 26.3 Å². The van der Waals surface area contributed by atoms with Crippen molar-refractivity contribution in [3.8, 4) is 0 Å². The van der Waals surface area contributed by atoms with Crippen LogP contribution in [0.1, 0.15) is 15.9 Å². The van der Waals surface area contributed by atoms with E-state index in [1.54, 1.807) is 0 Å². The Bertz CT molecular complexity index is 656. The van der Waals surface area contributed by atoms with Crippen LogP contribution in [-0.2, 0) is 4.74 Å². The number of hydrogen-bond acceptors (Lipinski definition) is 2. The summed E-state index contributed by atoms with van der Waals surface area (Å²) in [4.78, 5) is 11.4. The normalized spacial score (nSPS) is 13.3. The molecule has 1 rings (SSSR count). The number of benzene rings is 1.